The van der Waals surface area contributed by atoms with Gasteiger partial charge in [0.05, 0.1) is 18.1 Å². The van der Waals surface area contributed by atoms with Crippen LogP contribution in [0.1, 0.15) is 51.0 Å². The zero-order chi connectivity index (χ0) is 17.0. The van der Waals surface area contributed by atoms with Gasteiger partial charge in [-0.1, -0.05) is 30.3 Å². The Bertz CT molecular complexity index is 662. The standard InChI is InChI=1S/C21H26O3S/c1-21(14-5-3-2-4-6-14,15-8-9-16-17(12-15)23-16)24-20(22)13-7-10-18-19(11-13)25-18/h2-6,13,15-19H,7-12H2,1H3. The number of carbonyl (C=O) groups is 1. The van der Waals surface area contributed by atoms with Crippen molar-refractivity contribution in [3.63, 3.8) is 0 Å². The van der Waals surface area contributed by atoms with Crippen LogP contribution in [0.5, 0.6) is 0 Å². The number of epoxide rings is 1. The molecular formula is C21H26O3S. The van der Waals surface area contributed by atoms with Crippen molar-refractivity contribution in [1.82, 2.24) is 0 Å². The molecule has 7 atom stereocenters. The van der Waals surface area contributed by atoms with Gasteiger partial charge in [0.1, 0.15) is 5.60 Å². The molecule has 1 aromatic carbocycles. The zero-order valence-corrected chi connectivity index (χ0v) is 15.5. The van der Waals surface area contributed by atoms with Crippen molar-refractivity contribution in [2.45, 2.75) is 73.8 Å². The second-order valence-corrected chi connectivity index (χ2v) is 9.82. The molecule has 0 aromatic heterocycles. The van der Waals surface area contributed by atoms with Crippen LogP contribution in [0.3, 0.4) is 0 Å². The first kappa shape index (κ1) is 16.2. The van der Waals surface area contributed by atoms with E-state index >= 15 is 0 Å². The largest absolute Gasteiger partial charge is 0.454 e. The maximum atomic E-state index is 13.0. The molecule has 0 spiro atoms. The summed E-state index contributed by atoms with van der Waals surface area (Å²) in [5, 5.41) is 1.54. The molecule has 7 unspecified atom stereocenters. The van der Waals surface area contributed by atoms with Gasteiger partial charge in [0.25, 0.3) is 0 Å². The Morgan fingerprint density at radius 1 is 1.08 bits per heavy atom. The lowest BCUT2D eigenvalue weighted by atomic mass is 9.74. The molecule has 2 saturated heterocycles. The Morgan fingerprint density at radius 2 is 1.92 bits per heavy atom. The zero-order valence-electron chi connectivity index (χ0n) is 14.7. The van der Waals surface area contributed by atoms with Crippen LogP contribution in [-0.4, -0.2) is 28.7 Å². The van der Waals surface area contributed by atoms with Gasteiger partial charge in [-0.15, -0.1) is 0 Å². The van der Waals surface area contributed by atoms with Crippen molar-refractivity contribution in [1.29, 1.82) is 0 Å². The summed E-state index contributed by atoms with van der Waals surface area (Å²) in [4.78, 5) is 13.0. The van der Waals surface area contributed by atoms with Gasteiger partial charge in [-0.3, -0.25) is 4.79 Å². The minimum absolute atomic E-state index is 0.0242. The lowest BCUT2D eigenvalue weighted by Crippen LogP contribution is -2.41. The van der Waals surface area contributed by atoms with Gasteiger partial charge in [0, 0.05) is 16.4 Å². The Hall–Kier alpha value is -1.00. The molecule has 4 aliphatic rings. The highest BCUT2D eigenvalue weighted by molar-refractivity contribution is 8.07. The predicted octanol–water partition coefficient (Wildman–Crippen LogP) is 4.30. The minimum Gasteiger partial charge on any atom is -0.454 e. The van der Waals surface area contributed by atoms with Crippen LogP contribution >= 0.6 is 11.8 Å². The number of carbonyl (C=O) groups excluding carboxylic acids is 1. The second kappa shape index (κ2) is 6.02. The summed E-state index contributed by atoms with van der Waals surface area (Å²) in [5.41, 5.74) is 0.588. The first-order chi connectivity index (χ1) is 12.1. The quantitative estimate of drug-likeness (QED) is 0.594. The van der Waals surface area contributed by atoms with Crippen molar-refractivity contribution < 1.29 is 14.3 Å². The van der Waals surface area contributed by atoms with E-state index in [0.29, 0.717) is 23.4 Å². The van der Waals surface area contributed by atoms with Crippen LogP contribution in [-0.2, 0) is 19.9 Å². The highest BCUT2D eigenvalue weighted by atomic mass is 32.2. The lowest BCUT2D eigenvalue weighted by molar-refractivity contribution is -0.173. The Kier molecular flexibility index (Phi) is 3.90. The highest BCUT2D eigenvalue weighted by Gasteiger charge is 2.52. The fourth-order valence-corrected chi connectivity index (χ4v) is 6.18. The first-order valence-electron chi connectivity index (χ1n) is 9.73. The number of esters is 1. The van der Waals surface area contributed by atoms with E-state index in [4.69, 9.17) is 9.47 Å². The average molecular weight is 359 g/mol. The summed E-state index contributed by atoms with van der Waals surface area (Å²) in [6.07, 6.45) is 7.22. The van der Waals surface area contributed by atoms with Gasteiger partial charge in [-0.05, 0) is 51.0 Å². The molecule has 0 N–H and O–H groups in total. The number of thioether (sulfide) groups is 1. The minimum atomic E-state index is -0.539. The molecule has 25 heavy (non-hydrogen) atoms. The molecule has 2 aliphatic heterocycles. The maximum Gasteiger partial charge on any atom is 0.309 e. The molecule has 0 radical (unpaired) electrons. The molecule has 2 heterocycles. The summed E-state index contributed by atoms with van der Waals surface area (Å²) in [6.45, 7) is 2.13. The van der Waals surface area contributed by atoms with Gasteiger partial charge in [0.15, 0.2) is 0 Å². The smallest absolute Gasteiger partial charge is 0.309 e. The topological polar surface area (TPSA) is 38.8 Å². The number of hydrogen-bond acceptors (Lipinski definition) is 4. The Balaban J connectivity index is 1.38. The Labute approximate surface area is 153 Å². The van der Waals surface area contributed by atoms with Crippen LogP contribution in [0.25, 0.3) is 0 Å². The SMILES string of the molecule is CC(OC(=O)C1CCC2SC2C1)(c1ccccc1)C1CCC2OC2C1. The molecule has 4 fully saturated rings. The normalized spacial score (nSPS) is 41.0. The lowest BCUT2D eigenvalue weighted by Gasteiger charge is -2.40. The molecule has 0 bridgehead atoms. The highest BCUT2D eigenvalue weighted by Crippen LogP contribution is 2.53. The molecule has 1 aromatic rings. The van der Waals surface area contributed by atoms with E-state index in [1.165, 1.54) is 6.42 Å². The molecule has 2 aliphatic carbocycles. The summed E-state index contributed by atoms with van der Waals surface area (Å²) >= 11 is 2.04. The summed E-state index contributed by atoms with van der Waals surface area (Å²) in [7, 11) is 0. The van der Waals surface area contributed by atoms with Gasteiger partial charge >= 0.3 is 5.97 Å². The van der Waals surface area contributed by atoms with E-state index in [-0.39, 0.29) is 11.9 Å². The third-order valence-corrected chi connectivity index (χ3v) is 8.25. The van der Waals surface area contributed by atoms with Crippen LogP contribution in [0, 0.1) is 11.8 Å². The van der Waals surface area contributed by atoms with Gasteiger partial charge < -0.3 is 9.47 Å². The summed E-state index contributed by atoms with van der Waals surface area (Å²) in [6, 6.07) is 10.3. The maximum absolute atomic E-state index is 13.0. The molecule has 5 rings (SSSR count). The molecule has 134 valence electrons. The third kappa shape index (κ3) is 3.02. The Morgan fingerprint density at radius 3 is 2.68 bits per heavy atom. The molecule has 0 amide bonds. The number of ether oxygens (including phenoxy) is 2. The number of fused-ring (bicyclic) bond motifs is 2. The number of hydrogen-bond donors (Lipinski definition) is 0. The first-order valence-corrected chi connectivity index (χ1v) is 10.7. The monoisotopic (exact) mass is 358 g/mol. The van der Waals surface area contributed by atoms with Crippen molar-refractivity contribution in [3.8, 4) is 0 Å². The second-order valence-electron chi connectivity index (χ2n) is 8.34. The van der Waals surface area contributed by atoms with E-state index in [0.717, 1.165) is 42.9 Å². The van der Waals surface area contributed by atoms with Crippen LogP contribution in [0.15, 0.2) is 30.3 Å². The molecule has 2 saturated carbocycles. The van der Waals surface area contributed by atoms with Gasteiger partial charge in [-0.2, -0.15) is 11.8 Å². The third-order valence-electron chi connectivity index (χ3n) is 6.78. The van der Waals surface area contributed by atoms with Crippen LogP contribution in [0.2, 0.25) is 0 Å². The van der Waals surface area contributed by atoms with E-state index in [1.807, 2.05) is 30.0 Å². The van der Waals surface area contributed by atoms with Crippen LogP contribution < -0.4 is 0 Å². The van der Waals surface area contributed by atoms with Crippen molar-refractivity contribution in [3.05, 3.63) is 35.9 Å². The van der Waals surface area contributed by atoms with E-state index < -0.39 is 5.60 Å². The number of rotatable bonds is 4. The summed E-state index contributed by atoms with van der Waals surface area (Å²) < 4.78 is 12.1. The average Bonchev–Trinajstić information content (AvgIpc) is 3.54. The summed E-state index contributed by atoms with van der Waals surface area (Å²) in [5.74, 6) is 0.457. The molecule has 4 heteroatoms. The van der Waals surface area contributed by atoms with Gasteiger partial charge in [-0.25, -0.2) is 0 Å². The van der Waals surface area contributed by atoms with Crippen LogP contribution in [0.4, 0.5) is 0 Å². The van der Waals surface area contributed by atoms with E-state index in [2.05, 4.69) is 19.1 Å². The molecule has 3 nitrogen and oxygen atoms in total. The van der Waals surface area contributed by atoms with Crippen molar-refractivity contribution in [2.75, 3.05) is 0 Å². The van der Waals surface area contributed by atoms with E-state index in [1.54, 1.807) is 0 Å². The van der Waals surface area contributed by atoms with Crippen molar-refractivity contribution >= 4 is 17.7 Å². The van der Waals surface area contributed by atoms with E-state index in [9.17, 15) is 4.79 Å². The predicted molar refractivity (Wildman–Crippen MR) is 98.4 cm³/mol. The van der Waals surface area contributed by atoms with Gasteiger partial charge in [0.2, 0.25) is 0 Å². The van der Waals surface area contributed by atoms with Crippen molar-refractivity contribution in [2.24, 2.45) is 11.8 Å². The molecular weight excluding hydrogens is 332 g/mol. The fourth-order valence-electron chi connectivity index (χ4n) is 4.96. The number of benzene rings is 1. The fraction of sp³-hybridized carbons (Fsp3) is 0.667.